The first-order chi connectivity index (χ1) is 37.5. The van der Waals surface area contributed by atoms with E-state index in [-0.39, 0.29) is 0 Å². The van der Waals surface area contributed by atoms with Crippen LogP contribution in [0.5, 0.6) is 34.5 Å². The molecular weight excluding hydrogens is 1000 g/mol. The van der Waals surface area contributed by atoms with Crippen molar-refractivity contribution in [3.05, 3.63) is 266 Å². The summed E-state index contributed by atoms with van der Waals surface area (Å²) in [5, 5.41) is 0. The van der Waals surface area contributed by atoms with Gasteiger partial charge in [0, 0.05) is 56.9 Å². The average Bonchev–Trinajstić information content (AvgIpc) is 3.79. The van der Waals surface area contributed by atoms with Crippen molar-refractivity contribution in [2.24, 2.45) is 23.5 Å². The highest BCUT2D eigenvalue weighted by atomic mass is 31.3. The minimum absolute atomic E-state index is 0.358. The van der Waals surface area contributed by atoms with Crippen molar-refractivity contribution in [2.75, 3.05) is 0 Å². The molecule has 0 bridgehead atoms. The molecule has 10 aromatic rings. The lowest BCUT2D eigenvalue weighted by molar-refractivity contribution is 0.448. The fraction of sp³-hybridized carbons (Fsp3) is 0. The Balaban J connectivity index is 1.05. The molecule has 0 amide bonds. The van der Waals surface area contributed by atoms with E-state index < -0.39 is 23.0 Å². The first-order valence-corrected chi connectivity index (χ1v) is 29.1. The number of fused-ring (bicyclic) bond motifs is 6. The van der Waals surface area contributed by atoms with Gasteiger partial charge in [-0.3, -0.25) is 9.98 Å². The number of hydrogen-bond donors (Lipinski definition) is 0. The molecule has 76 heavy (non-hydrogen) atoms. The van der Waals surface area contributed by atoms with Crippen molar-refractivity contribution in [3.8, 4) is 79.0 Å². The van der Waals surface area contributed by atoms with Gasteiger partial charge in [-0.05, 0) is 71.8 Å². The molecule has 0 N–H and O–H groups in total. The summed E-state index contributed by atoms with van der Waals surface area (Å²) in [6.45, 7) is 0. The van der Waals surface area contributed by atoms with Crippen LogP contribution in [0.1, 0.15) is 11.1 Å². The van der Waals surface area contributed by atoms with Crippen molar-refractivity contribution >= 4 is 46.8 Å². The summed E-state index contributed by atoms with van der Waals surface area (Å²) in [7, 11) is -12.5. The summed E-state index contributed by atoms with van der Waals surface area (Å²) in [4.78, 5) is 10.2. The number of aliphatic imine (C=N–C) groups is 2. The zero-order valence-corrected chi connectivity index (χ0v) is 43.1. The van der Waals surface area contributed by atoms with Crippen molar-refractivity contribution in [1.82, 2.24) is 0 Å². The van der Waals surface area contributed by atoms with E-state index in [4.69, 9.17) is 50.7 Å². The topological polar surface area (TPSA) is 117 Å². The Kier molecular flexibility index (Phi) is 12.3. The van der Waals surface area contributed by atoms with Crippen LogP contribution in [0, 0.1) is 0 Å². The van der Waals surface area contributed by atoms with Gasteiger partial charge in [0.15, 0.2) is 0 Å². The Morgan fingerprint density at radius 1 is 0.303 bits per heavy atom. The van der Waals surface area contributed by atoms with Crippen LogP contribution in [0.25, 0.3) is 44.5 Å². The van der Waals surface area contributed by atoms with E-state index in [1.807, 2.05) is 218 Å². The molecule has 0 aliphatic carbocycles. The highest BCUT2D eigenvalue weighted by molar-refractivity contribution is 7.79. The molecule has 0 saturated carbocycles. The molecular formula is C62H44N5O6P3. The molecule has 3 aliphatic rings. The Bertz CT molecular complexity index is 3750. The quantitative estimate of drug-likeness (QED) is 0.0995. The summed E-state index contributed by atoms with van der Waals surface area (Å²) in [5.41, 5.74) is 9.92. The van der Waals surface area contributed by atoms with Gasteiger partial charge >= 0.3 is 23.0 Å². The fourth-order valence-electron chi connectivity index (χ4n) is 9.12. The maximum absolute atomic E-state index is 7.46. The van der Waals surface area contributed by atoms with Gasteiger partial charge in [0.05, 0.1) is 11.4 Å². The first kappa shape index (κ1) is 46.8. The summed E-state index contributed by atoms with van der Waals surface area (Å²) >= 11 is 0. The lowest BCUT2D eigenvalue weighted by Gasteiger charge is -2.32. The first-order valence-electron chi connectivity index (χ1n) is 24.5. The van der Waals surface area contributed by atoms with Crippen molar-refractivity contribution in [1.29, 1.82) is 0 Å². The normalized spacial score (nSPS) is 16.3. The highest BCUT2D eigenvalue weighted by Gasteiger charge is 2.51. The molecule has 10 aromatic carbocycles. The van der Waals surface area contributed by atoms with Gasteiger partial charge in [-0.25, -0.2) is 0 Å². The Morgan fingerprint density at radius 3 is 1.03 bits per heavy atom. The molecule has 368 valence electrons. The minimum Gasteiger partial charge on any atom is -0.413 e. The third-order valence-corrected chi connectivity index (χ3v) is 20.6. The summed E-state index contributed by atoms with van der Waals surface area (Å²) < 4.78 is 60.3. The number of benzene rings is 10. The monoisotopic (exact) mass is 1050 g/mol. The molecule has 0 fully saturated rings. The van der Waals surface area contributed by atoms with Crippen molar-refractivity contribution in [3.63, 3.8) is 0 Å². The van der Waals surface area contributed by atoms with Crippen molar-refractivity contribution < 1.29 is 27.1 Å². The van der Waals surface area contributed by atoms with Crippen LogP contribution in [0.15, 0.2) is 278 Å². The molecule has 3 heterocycles. The van der Waals surface area contributed by atoms with Crippen LogP contribution in [0.2, 0.25) is 0 Å². The van der Waals surface area contributed by atoms with Gasteiger partial charge in [-0.1, -0.05) is 208 Å². The van der Waals surface area contributed by atoms with Crippen LogP contribution in [0.4, 0.5) is 11.4 Å². The van der Waals surface area contributed by atoms with Gasteiger partial charge in [-0.2, -0.15) is 0 Å². The molecule has 0 unspecified atom stereocenters. The Labute approximate surface area is 440 Å². The van der Waals surface area contributed by atoms with E-state index >= 15 is 0 Å². The van der Waals surface area contributed by atoms with E-state index in [9.17, 15) is 0 Å². The smallest absolute Gasteiger partial charge is 0.413 e. The Morgan fingerprint density at radius 2 is 0.618 bits per heavy atom. The molecule has 3 aliphatic heterocycles. The molecule has 0 aromatic heterocycles. The van der Waals surface area contributed by atoms with Crippen molar-refractivity contribution in [2.45, 2.75) is 0 Å². The standard InChI is InChI=1S/C62H44N5O6P3/c1-3-23-45(24-4-1)49-29-9-15-35-55(49)63-43-47-27-7-17-37-57(47)68-74(69-58-38-18-8-28-48(58)44-64-56-36-16-10-30-50(56)46-25-5-2-6-26-46)65-75(70-59-39-19-11-31-51(59)52-32-12-20-40-60(52)71-75)67-76(66-74)72-61-41-21-13-33-53(61)54-34-14-22-42-62(54)73-76/h1-44H. The molecule has 13 rings (SSSR count). The Hall–Kier alpha value is -8.97. The molecule has 0 atom stereocenters. The number of hydrogen-bond acceptors (Lipinski definition) is 11. The predicted molar refractivity (Wildman–Crippen MR) is 307 cm³/mol. The molecule has 0 radical (unpaired) electrons. The van der Waals surface area contributed by atoms with Crippen LogP contribution < -0.4 is 27.1 Å². The number of para-hydroxylation sites is 8. The lowest BCUT2D eigenvalue weighted by Crippen LogP contribution is -2.11. The van der Waals surface area contributed by atoms with Gasteiger partial charge in [0.25, 0.3) is 0 Å². The van der Waals surface area contributed by atoms with Gasteiger partial charge in [0.2, 0.25) is 0 Å². The third kappa shape index (κ3) is 9.33. The van der Waals surface area contributed by atoms with Crippen LogP contribution >= 0.6 is 23.0 Å². The molecule has 11 nitrogen and oxygen atoms in total. The maximum Gasteiger partial charge on any atom is 0.460 e. The van der Waals surface area contributed by atoms with Crippen LogP contribution in [0.3, 0.4) is 0 Å². The largest absolute Gasteiger partial charge is 0.460 e. The molecule has 0 saturated heterocycles. The third-order valence-electron chi connectivity index (χ3n) is 12.6. The van der Waals surface area contributed by atoms with Gasteiger partial charge in [-0.15, -0.1) is 0 Å². The number of rotatable bonds is 10. The summed E-state index contributed by atoms with van der Waals surface area (Å²) in [5.74, 6) is 2.65. The molecule has 14 heteroatoms. The maximum atomic E-state index is 7.46. The average molecular weight is 1050 g/mol. The second-order valence-electron chi connectivity index (χ2n) is 17.6. The van der Waals surface area contributed by atoms with Gasteiger partial charge < -0.3 is 27.1 Å². The van der Waals surface area contributed by atoms with E-state index in [0.29, 0.717) is 45.6 Å². The predicted octanol–water partition coefficient (Wildman–Crippen LogP) is 19.1. The van der Waals surface area contributed by atoms with Crippen LogP contribution in [-0.4, -0.2) is 12.4 Å². The van der Waals surface area contributed by atoms with Gasteiger partial charge in [0.1, 0.15) is 34.5 Å². The highest BCUT2D eigenvalue weighted by Crippen LogP contribution is 2.80. The molecule has 2 spiro atoms. The second kappa shape index (κ2) is 20.0. The lowest BCUT2D eigenvalue weighted by atomic mass is 10.0. The summed E-state index contributed by atoms with van der Waals surface area (Å²) in [6, 6.07) is 82.4. The second-order valence-corrected chi connectivity index (χ2v) is 23.8. The fourth-order valence-corrected chi connectivity index (χ4v) is 18.3. The van der Waals surface area contributed by atoms with E-state index in [1.54, 1.807) is 12.4 Å². The number of nitrogens with zero attached hydrogens (tertiary/aromatic N) is 5. The summed E-state index contributed by atoms with van der Waals surface area (Å²) in [6.07, 6.45) is 3.55. The van der Waals surface area contributed by atoms with Crippen LogP contribution in [-0.2, 0) is 0 Å². The zero-order chi connectivity index (χ0) is 50.8. The van der Waals surface area contributed by atoms with E-state index in [1.165, 1.54) is 0 Å². The van der Waals surface area contributed by atoms with E-state index in [2.05, 4.69) is 36.4 Å². The SMILES string of the molecule is C(=Nc1ccccc1-c1ccccc1)c1ccccc1OP1(Oc2ccccc2C=Nc2ccccc2-c2ccccc2)=NP2(=NP3(=N1)Oc1ccccc1-c1ccccc1O3)Oc1ccccc1-c1ccccc1O2. The minimum atomic E-state index is -4.32. The zero-order valence-electron chi connectivity index (χ0n) is 40.4. The van der Waals surface area contributed by atoms with E-state index in [0.717, 1.165) is 55.9 Å².